The van der Waals surface area contributed by atoms with Crippen LogP contribution in [0, 0.1) is 11.3 Å². The highest BCUT2D eigenvalue weighted by atomic mass is 35.5. The standard InChI is InChI=1S/C12H23N3O2.ClH/c1-9(10(16)13-3)7-15(4)11(17)12(2)5-6-14-8-12;/h9,14H,5-8H2,1-4H3,(H,13,16);1H. The first-order chi connectivity index (χ1) is 7.90. The number of nitrogens with zero attached hydrogens (tertiary/aromatic N) is 1. The lowest BCUT2D eigenvalue weighted by Gasteiger charge is -2.29. The molecule has 0 saturated carbocycles. The van der Waals surface area contributed by atoms with Crippen LogP contribution in [0.3, 0.4) is 0 Å². The Labute approximate surface area is 115 Å². The molecule has 6 heteroatoms. The van der Waals surface area contributed by atoms with Gasteiger partial charge in [0.25, 0.3) is 0 Å². The molecule has 5 nitrogen and oxygen atoms in total. The predicted molar refractivity (Wildman–Crippen MR) is 73.7 cm³/mol. The molecule has 1 heterocycles. The third-order valence-corrected chi connectivity index (χ3v) is 3.47. The Balaban J connectivity index is 0.00000289. The van der Waals surface area contributed by atoms with E-state index in [0.717, 1.165) is 19.5 Å². The zero-order chi connectivity index (χ0) is 13.1. The number of halogens is 1. The van der Waals surface area contributed by atoms with Crippen LogP contribution in [0.2, 0.25) is 0 Å². The van der Waals surface area contributed by atoms with Crippen molar-refractivity contribution in [1.82, 2.24) is 15.5 Å². The maximum atomic E-state index is 12.3. The van der Waals surface area contributed by atoms with Crippen LogP contribution in [0.4, 0.5) is 0 Å². The monoisotopic (exact) mass is 277 g/mol. The van der Waals surface area contributed by atoms with E-state index in [4.69, 9.17) is 0 Å². The van der Waals surface area contributed by atoms with E-state index in [1.165, 1.54) is 0 Å². The van der Waals surface area contributed by atoms with Crippen molar-refractivity contribution in [3.63, 3.8) is 0 Å². The highest BCUT2D eigenvalue weighted by Gasteiger charge is 2.38. The van der Waals surface area contributed by atoms with Crippen molar-refractivity contribution in [1.29, 1.82) is 0 Å². The van der Waals surface area contributed by atoms with Crippen LogP contribution < -0.4 is 10.6 Å². The first-order valence-corrected chi connectivity index (χ1v) is 6.08. The Bertz CT molecular complexity index is 304. The molecule has 0 radical (unpaired) electrons. The molecule has 1 aliphatic rings. The summed E-state index contributed by atoms with van der Waals surface area (Å²) in [6.07, 6.45) is 0.866. The molecule has 2 unspecified atom stereocenters. The fourth-order valence-electron chi connectivity index (χ4n) is 2.28. The second kappa shape index (κ2) is 6.95. The van der Waals surface area contributed by atoms with Gasteiger partial charge in [-0.25, -0.2) is 0 Å². The Kier molecular flexibility index (Phi) is 6.63. The van der Waals surface area contributed by atoms with Gasteiger partial charge in [0.1, 0.15) is 0 Å². The van der Waals surface area contributed by atoms with Crippen molar-refractivity contribution in [2.24, 2.45) is 11.3 Å². The van der Waals surface area contributed by atoms with Gasteiger partial charge in [0, 0.05) is 27.2 Å². The molecule has 2 atom stereocenters. The first-order valence-electron chi connectivity index (χ1n) is 6.08. The molecule has 1 aliphatic heterocycles. The normalized spacial score (nSPS) is 24.0. The number of hydrogen-bond donors (Lipinski definition) is 2. The van der Waals surface area contributed by atoms with E-state index in [0.29, 0.717) is 6.54 Å². The summed E-state index contributed by atoms with van der Waals surface area (Å²) < 4.78 is 0. The molecule has 0 bridgehead atoms. The Morgan fingerprint density at radius 3 is 2.56 bits per heavy atom. The second-order valence-corrected chi connectivity index (χ2v) is 5.19. The van der Waals surface area contributed by atoms with Crippen LogP contribution in [0.25, 0.3) is 0 Å². The third kappa shape index (κ3) is 3.85. The van der Waals surface area contributed by atoms with Crippen molar-refractivity contribution < 1.29 is 9.59 Å². The summed E-state index contributed by atoms with van der Waals surface area (Å²) in [6.45, 7) is 5.90. The smallest absolute Gasteiger partial charge is 0.229 e. The fourth-order valence-corrected chi connectivity index (χ4v) is 2.28. The predicted octanol–water partition coefficient (Wildman–Crippen LogP) is 0.248. The Morgan fingerprint density at radius 1 is 1.50 bits per heavy atom. The van der Waals surface area contributed by atoms with E-state index in [1.807, 2.05) is 13.8 Å². The highest BCUT2D eigenvalue weighted by Crippen LogP contribution is 2.26. The van der Waals surface area contributed by atoms with Crippen LogP contribution in [-0.2, 0) is 9.59 Å². The molecule has 0 aliphatic carbocycles. The molecular weight excluding hydrogens is 254 g/mol. The van der Waals surface area contributed by atoms with E-state index in [1.54, 1.807) is 19.0 Å². The van der Waals surface area contributed by atoms with Gasteiger partial charge in [0.2, 0.25) is 11.8 Å². The van der Waals surface area contributed by atoms with Crippen LogP contribution in [0.1, 0.15) is 20.3 Å². The average molecular weight is 278 g/mol. The molecule has 18 heavy (non-hydrogen) atoms. The number of amides is 2. The molecular formula is C12H24ClN3O2. The molecule has 0 aromatic heterocycles. The van der Waals surface area contributed by atoms with E-state index < -0.39 is 0 Å². The number of carbonyl (C=O) groups excluding carboxylic acids is 2. The third-order valence-electron chi connectivity index (χ3n) is 3.47. The largest absolute Gasteiger partial charge is 0.359 e. The van der Waals surface area contributed by atoms with Gasteiger partial charge in [-0.05, 0) is 19.9 Å². The molecule has 0 aromatic rings. The summed E-state index contributed by atoms with van der Waals surface area (Å²) in [5.74, 6) is -0.0792. The van der Waals surface area contributed by atoms with Crippen molar-refractivity contribution in [2.45, 2.75) is 20.3 Å². The van der Waals surface area contributed by atoms with Crippen molar-refractivity contribution in [3.8, 4) is 0 Å². The number of hydrogen-bond acceptors (Lipinski definition) is 3. The average Bonchev–Trinajstić information content (AvgIpc) is 2.75. The van der Waals surface area contributed by atoms with E-state index in [-0.39, 0.29) is 35.6 Å². The number of rotatable bonds is 4. The van der Waals surface area contributed by atoms with Gasteiger partial charge in [-0.15, -0.1) is 12.4 Å². The SMILES string of the molecule is CNC(=O)C(C)CN(C)C(=O)C1(C)CCNC1.Cl. The molecule has 1 fully saturated rings. The zero-order valence-corrected chi connectivity index (χ0v) is 12.4. The van der Waals surface area contributed by atoms with Gasteiger partial charge in [-0.3, -0.25) is 9.59 Å². The van der Waals surface area contributed by atoms with Gasteiger partial charge in [-0.1, -0.05) is 6.92 Å². The maximum Gasteiger partial charge on any atom is 0.229 e. The fraction of sp³-hybridized carbons (Fsp3) is 0.833. The summed E-state index contributed by atoms with van der Waals surface area (Å²) in [5, 5.41) is 5.81. The van der Waals surface area contributed by atoms with Crippen LogP contribution in [0.15, 0.2) is 0 Å². The molecule has 106 valence electrons. The van der Waals surface area contributed by atoms with Crippen molar-refractivity contribution in [3.05, 3.63) is 0 Å². The van der Waals surface area contributed by atoms with Gasteiger partial charge >= 0.3 is 0 Å². The number of nitrogens with one attached hydrogen (secondary N) is 2. The van der Waals surface area contributed by atoms with E-state index in [9.17, 15) is 9.59 Å². The lowest BCUT2D eigenvalue weighted by molar-refractivity contribution is -0.140. The highest BCUT2D eigenvalue weighted by molar-refractivity contribution is 5.85. The van der Waals surface area contributed by atoms with E-state index in [2.05, 4.69) is 10.6 Å². The van der Waals surface area contributed by atoms with Crippen LogP contribution in [0.5, 0.6) is 0 Å². The van der Waals surface area contributed by atoms with Crippen LogP contribution in [-0.4, -0.2) is 50.4 Å². The van der Waals surface area contributed by atoms with Gasteiger partial charge in [0.15, 0.2) is 0 Å². The summed E-state index contributed by atoms with van der Waals surface area (Å²) in [4.78, 5) is 25.4. The summed E-state index contributed by atoms with van der Waals surface area (Å²) in [6, 6.07) is 0. The number of carbonyl (C=O) groups is 2. The first kappa shape index (κ1) is 17.2. The Hall–Kier alpha value is -0.810. The minimum absolute atomic E-state index is 0. The van der Waals surface area contributed by atoms with Gasteiger partial charge in [-0.2, -0.15) is 0 Å². The molecule has 1 rings (SSSR count). The Morgan fingerprint density at radius 2 is 2.11 bits per heavy atom. The lowest BCUT2D eigenvalue weighted by atomic mass is 9.88. The molecule has 1 saturated heterocycles. The summed E-state index contributed by atoms with van der Waals surface area (Å²) in [5.41, 5.74) is -0.308. The van der Waals surface area contributed by atoms with Crippen LogP contribution >= 0.6 is 12.4 Å². The maximum absolute atomic E-state index is 12.3. The zero-order valence-electron chi connectivity index (χ0n) is 11.6. The minimum Gasteiger partial charge on any atom is -0.359 e. The minimum atomic E-state index is -0.308. The molecule has 0 aromatic carbocycles. The topological polar surface area (TPSA) is 61.4 Å². The molecule has 2 N–H and O–H groups in total. The quantitative estimate of drug-likeness (QED) is 0.774. The van der Waals surface area contributed by atoms with Crippen molar-refractivity contribution >= 4 is 24.2 Å². The second-order valence-electron chi connectivity index (χ2n) is 5.19. The van der Waals surface area contributed by atoms with Gasteiger partial charge in [0.05, 0.1) is 11.3 Å². The molecule has 0 spiro atoms. The van der Waals surface area contributed by atoms with E-state index >= 15 is 0 Å². The lowest BCUT2D eigenvalue weighted by Crippen LogP contribution is -2.45. The summed E-state index contributed by atoms with van der Waals surface area (Å²) >= 11 is 0. The molecule has 2 amide bonds. The van der Waals surface area contributed by atoms with Crippen molar-refractivity contribution in [2.75, 3.05) is 33.7 Å². The summed E-state index contributed by atoms with van der Waals surface area (Å²) in [7, 11) is 3.38. The van der Waals surface area contributed by atoms with Gasteiger partial charge < -0.3 is 15.5 Å².